The lowest BCUT2D eigenvalue weighted by Crippen LogP contribution is -2.50. The maximum Gasteiger partial charge on any atom is 0.253 e. The van der Waals surface area contributed by atoms with Crippen LogP contribution in [0.1, 0.15) is 124 Å². The van der Waals surface area contributed by atoms with Gasteiger partial charge in [-0.15, -0.1) is 0 Å². The lowest BCUT2D eigenvalue weighted by Gasteiger charge is -2.36. The molecule has 5 amide bonds. The van der Waals surface area contributed by atoms with Crippen LogP contribution in [0.25, 0.3) is 0 Å². The molecule has 2 aliphatic heterocycles. The van der Waals surface area contributed by atoms with Gasteiger partial charge < -0.3 is 61.3 Å². The van der Waals surface area contributed by atoms with Crippen molar-refractivity contribution in [1.29, 1.82) is 0 Å². The molecule has 18 heteroatoms. The molecule has 18 nitrogen and oxygen atoms in total. The Morgan fingerprint density at radius 2 is 1.31 bits per heavy atom. The zero-order valence-electron chi connectivity index (χ0n) is 37.5. The summed E-state index contributed by atoms with van der Waals surface area (Å²) in [5, 5.41) is 39.8. The number of carbonyl (C=O) groups excluding carboxylic acids is 6. The summed E-state index contributed by atoms with van der Waals surface area (Å²) in [5.74, 6) is -0.793. The number of aliphatic hydroxyl groups is 3. The molecule has 354 valence electrons. The fraction of sp³-hybridized carbons (Fsp3) is 0.767. The molecule has 0 spiro atoms. The number of likely N-dealkylation sites (N-methyl/N-ethyl adjacent to an activating group) is 1. The summed E-state index contributed by atoms with van der Waals surface area (Å²) in [6, 6.07) is 0. The number of imide groups is 1. The molecule has 4 atom stereocenters. The van der Waals surface area contributed by atoms with Crippen LogP contribution in [0.2, 0.25) is 0 Å². The summed E-state index contributed by atoms with van der Waals surface area (Å²) in [4.78, 5) is 69.0. The summed E-state index contributed by atoms with van der Waals surface area (Å²) >= 11 is 0. The Labute approximate surface area is 364 Å². The topological polar surface area (TPSA) is 268 Å². The number of hydrogen-bond donors (Lipinski definition) is 8. The fourth-order valence-corrected chi connectivity index (χ4v) is 5.56. The lowest BCUT2D eigenvalue weighted by atomic mass is 10.0. The van der Waals surface area contributed by atoms with Gasteiger partial charge in [-0.3, -0.25) is 28.9 Å². The van der Waals surface area contributed by atoms with Gasteiger partial charge in [0, 0.05) is 83.6 Å². The number of nitrogens with one attached hydrogen (secondary N) is 4. The highest BCUT2D eigenvalue weighted by molar-refractivity contribution is 6.12. The molecule has 0 aromatic heterocycles. The average Bonchev–Trinajstić information content (AvgIpc) is 3.55. The molecule has 4 unspecified atom stereocenters. The summed E-state index contributed by atoms with van der Waals surface area (Å²) < 4.78 is 16.2. The van der Waals surface area contributed by atoms with E-state index in [0.29, 0.717) is 90.1 Å². The van der Waals surface area contributed by atoms with Crippen molar-refractivity contribution in [2.75, 3.05) is 66.2 Å². The van der Waals surface area contributed by atoms with E-state index in [4.69, 9.17) is 25.1 Å². The zero-order chi connectivity index (χ0) is 46.1. The maximum atomic E-state index is 11.8. The predicted octanol–water partition coefficient (Wildman–Crippen LogP) is 1.88. The third-order valence-corrected chi connectivity index (χ3v) is 8.82. The highest BCUT2D eigenvalue weighted by Crippen LogP contribution is 2.21. The van der Waals surface area contributed by atoms with Crippen LogP contribution >= 0.6 is 0 Å². The number of nitrogens with zero attached hydrogens (tertiary/aromatic N) is 1. The Morgan fingerprint density at radius 3 is 1.85 bits per heavy atom. The van der Waals surface area contributed by atoms with E-state index in [2.05, 4.69) is 27.8 Å². The van der Waals surface area contributed by atoms with Crippen LogP contribution in [-0.2, 0) is 43.0 Å². The molecule has 61 heavy (non-hydrogen) atoms. The fourth-order valence-electron chi connectivity index (χ4n) is 5.56. The molecule has 1 saturated heterocycles. The van der Waals surface area contributed by atoms with Gasteiger partial charge in [0.05, 0.1) is 25.9 Å². The van der Waals surface area contributed by atoms with E-state index < -0.39 is 31.2 Å². The summed E-state index contributed by atoms with van der Waals surface area (Å²) in [5.41, 5.74) is 5.58. The maximum absolute atomic E-state index is 11.8. The Kier molecular flexibility index (Phi) is 40.4. The summed E-state index contributed by atoms with van der Waals surface area (Å²) in [6.07, 6.45) is 12.4. The van der Waals surface area contributed by atoms with Crippen molar-refractivity contribution in [2.24, 2.45) is 5.73 Å². The van der Waals surface area contributed by atoms with Gasteiger partial charge in [0.1, 0.15) is 18.5 Å². The molecular formula is C43H80N6O12. The minimum Gasteiger partial charge on any atom is -0.403 e. The molecule has 0 bridgehead atoms. The molecule has 9 N–H and O–H groups in total. The second-order valence-electron chi connectivity index (χ2n) is 14.3. The van der Waals surface area contributed by atoms with E-state index in [1.165, 1.54) is 31.4 Å². The Morgan fingerprint density at radius 1 is 0.803 bits per heavy atom. The monoisotopic (exact) mass is 873 g/mol. The average molecular weight is 873 g/mol. The van der Waals surface area contributed by atoms with Crippen LogP contribution in [-0.4, -0.2) is 147 Å². The number of rotatable bonds is 31. The third kappa shape index (κ3) is 35.5. The van der Waals surface area contributed by atoms with Crippen molar-refractivity contribution in [1.82, 2.24) is 26.2 Å². The SMILES string of the molecule is C=C(C)N.CC.CNCCOCCC(=O)NCCCNC(=O)CCCCOC1CC(O)C(O)C(CO)O1.O=CCCCCCCCCCCC(=O)NCCN1C(=O)C=CC1=O. The van der Waals surface area contributed by atoms with Crippen LogP contribution < -0.4 is 27.0 Å². The van der Waals surface area contributed by atoms with Crippen LogP contribution in [0.3, 0.4) is 0 Å². The molecular weight excluding hydrogens is 793 g/mol. The van der Waals surface area contributed by atoms with E-state index in [9.17, 15) is 39.0 Å². The number of hydrogen-bond acceptors (Lipinski definition) is 14. The Hall–Kier alpha value is -3.78. The van der Waals surface area contributed by atoms with Crippen molar-refractivity contribution in [3.63, 3.8) is 0 Å². The Balaban J connectivity index is 0. The largest absolute Gasteiger partial charge is 0.403 e. The molecule has 2 heterocycles. The first kappa shape index (κ1) is 59.3. The van der Waals surface area contributed by atoms with Crippen molar-refractivity contribution in [3.8, 4) is 0 Å². The number of allylic oxidation sites excluding steroid dienone is 1. The van der Waals surface area contributed by atoms with E-state index >= 15 is 0 Å². The van der Waals surface area contributed by atoms with Crippen LogP contribution in [0.5, 0.6) is 0 Å². The first-order valence-electron chi connectivity index (χ1n) is 22.0. The summed E-state index contributed by atoms with van der Waals surface area (Å²) in [7, 11) is 1.84. The van der Waals surface area contributed by atoms with Crippen molar-refractivity contribution in [2.45, 2.75) is 148 Å². The lowest BCUT2D eigenvalue weighted by molar-refractivity contribution is -0.256. The predicted molar refractivity (Wildman–Crippen MR) is 234 cm³/mol. The van der Waals surface area contributed by atoms with E-state index in [0.717, 1.165) is 49.8 Å². The summed E-state index contributed by atoms with van der Waals surface area (Å²) in [6.45, 7) is 12.3. The van der Waals surface area contributed by atoms with Gasteiger partial charge in [-0.25, -0.2) is 0 Å². The van der Waals surface area contributed by atoms with Gasteiger partial charge in [-0.1, -0.05) is 59.0 Å². The number of aldehydes is 1. The van der Waals surface area contributed by atoms with Crippen LogP contribution in [0.4, 0.5) is 0 Å². The van der Waals surface area contributed by atoms with E-state index in [1.54, 1.807) is 6.92 Å². The highest BCUT2D eigenvalue weighted by atomic mass is 16.7. The second-order valence-corrected chi connectivity index (χ2v) is 14.3. The number of ether oxygens (including phenoxy) is 3. The van der Waals surface area contributed by atoms with Crippen LogP contribution in [0, 0.1) is 0 Å². The van der Waals surface area contributed by atoms with Gasteiger partial charge in [0.2, 0.25) is 17.7 Å². The van der Waals surface area contributed by atoms with Crippen molar-refractivity contribution in [3.05, 3.63) is 24.4 Å². The van der Waals surface area contributed by atoms with Gasteiger partial charge in [0.15, 0.2) is 6.29 Å². The van der Waals surface area contributed by atoms with Gasteiger partial charge in [0.25, 0.3) is 11.8 Å². The quantitative estimate of drug-likeness (QED) is 0.0281. The molecule has 0 saturated carbocycles. The number of amides is 5. The molecule has 2 aliphatic rings. The second kappa shape index (κ2) is 41.6. The van der Waals surface area contributed by atoms with E-state index in [1.807, 2.05) is 20.9 Å². The van der Waals surface area contributed by atoms with Crippen molar-refractivity contribution >= 4 is 35.8 Å². The van der Waals surface area contributed by atoms with Crippen LogP contribution in [0.15, 0.2) is 24.4 Å². The molecule has 0 radical (unpaired) electrons. The standard InChI is InChI=1S/C20H39N3O8.C18H28N2O4.C3H7N.C2H6/c1-21-9-12-29-11-6-18(27)23-8-4-7-22-17(26)5-2-3-10-30-19-13-15(25)20(28)16(14-24)31-19;21-15-9-7-5-3-1-2-4-6-8-10-16(22)19-13-14-20-17(23)11-12-18(20)24;1-3(2)4;1-2/h15-16,19-21,24-25,28H,2-14H2,1H3,(H,22,26)(H,23,27);11-12,15H,1-10,13-14H2,(H,19,22);1,4H2,2H3;1-2H3. The number of carbonyl (C=O) groups is 6. The molecule has 1 fully saturated rings. The van der Waals surface area contributed by atoms with Gasteiger partial charge in [-0.05, 0) is 51.8 Å². The normalized spacial score (nSPS) is 17.8. The molecule has 0 aromatic carbocycles. The van der Waals surface area contributed by atoms with Gasteiger partial charge >= 0.3 is 0 Å². The van der Waals surface area contributed by atoms with Crippen molar-refractivity contribution < 1.29 is 58.3 Å². The minimum atomic E-state index is -1.12. The number of aliphatic hydroxyl groups excluding tert-OH is 3. The minimum absolute atomic E-state index is 0.0316. The number of unbranched alkanes of at least 4 members (excludes halogenated alkanes) is 9. The Bertz CT molecular complexity index is 1200. The first-order valence-corrected chi connectivity index (χ1v) is 22.0. The molecule has 2 rings (SSSR count). The first-order chi connectivity index (χ1) is 29.4. The van der Waals surface area contributed by atoms with E-state index in [-0.39, 0.29) is 42.5 Å². The highest BCUT2D eigenvalue weighted by Gasteiger charge is 2.36. The number of nitrogens with two attached hydrogens (primary N) is 1. The zero-order valence-corrected chi connectivity index (χ0v) is 37.5. The van der Waals surface area contributed by atoms with Gasteiger partial charge in [-0.2, -0.15) is 0 Å². The third-order valence-electron chi connectivity index (χ3n) is 8.82. The molecule has 0 aromatic rings. The molecule has 0 aliphatic carbocycles. The smallest absolute Gasteiger partial charge is 0.253 e.